The molecule has 0 aromatic heterocycles. The summed E-state index contributed by atoms with van der Waals surface area (Å²) in [6, 6.07) is 5.55. The fraction of sp³-hybridized carbons (Fsp3) is 0.550. The van der Waals surface area contributed by atoms with Crippen LogP contribution in [0.3, 0.4) is 0 Å². The molecule has 140 valence electrons. The van der Waals surface area contributed by atoms with Gasteiger partial charge in [-0.3, -0.25) is 4.79 Å². The average Bonchev–Trinajstić information content (AvgIpc) is 3.23. The van der Waals surface area contributed by atoms with E-state index in [4.69, 9.17) is 0 Å². The van der Waals surface area contributed by atoms with E-state index in [0.29, 0.717) is 31.1 Å². The first-order chi connectivity index (χ1) is 12.6. The maximum atomic E-state index is 13.1. The van der Waals surface area contributed by atoms with E-state index < -0.39 is 10.0 Å². The van der Waals surface area contributed by atoms with Crippen molar-refractivity contribution in [3.05, 3.63) is 41.5 Å². The molecular weight excluding hydrogens is 348 g/mol. The van der Waals surface area contributed by atoms with Gasteiger partial charge in [0.15, 0.2) is 0 Å². The molecule has 0 N–H and O–H groups in total. The molecule has 0 spiro atoms. The maximum Gasteiger partial charge on any atom is 0.243 e. The smallest absolute Gasteiger partial charge is 0.243 e. The lowest BCUT2D eigenvalue weighted by Gasteiger charge is -2.33. The van der Waals surface area contributed by atoms with E-state index in [2.05, 4.69) is 12.2 Å². The lowest BCUT2D eigenvalue weighted by atomic mass is 9.91. The molecule has 0 bridgehead atoms. The Morgan fingerprint density at radius 3 is 2.62 bits per heavy atom. The Balaban J connectivity index is 1.62. The number of sulfonamides is 1. The van der Waals surface area contributed by atoms with Gasteiger partial charge in [0.05, 0.1) is 4.90 Å². The van der Waals surface area contributed by atoms with E-state index in [1.807, 2.05) is 17.0 Å². The van der Waals surface area contributed by atoms with Gasteiger partial charge >= 0.3 is 0 Å². The predicted octanol–water partition coefficient (Wildman–Crippen LogP) is 2.71. The molecule has 1 atom stereocenters. The number of amides is 1. The van der Waals surface area contributed by atoms with Gasteiger partial charge in [-0.2, -0.15) is 4.31 Å². The van der Waals surface area contributed by atoms with Crippen LogP contribution in [0.5, 0.6) is 0 Å². The Bertz CT molecular complexity index is 825. The van der Waals surface area contributed by atoms with Crippen molar-refractivity contribution in [1.29, 1.82) is 0 Å². The highest BCUT2D eigenvalue weighted by Crippen LogP contribution is 2.31. The summed E-state index contributed by atoms with van der Waals surface area (Å²) in [5.74, 6) is 0.220. The minimum absolute atomic E-state index is 0.0453. The Morgan fingerprint density at radius 1 is 1.08 bits per heavy atom. The second-order valence-corrected chi connectivity index (χ2v) is 9.40. The lowest BCUT2D eigenvalue weighted by Crippen LogP contribution is -2.41. The number of benzene rings is 1. The summed E-state index contributed by atoms with van der Waals surface area (Å²) in [7, 11) is -3.47. The Kier molecular flexibility index (Phi) is 4.88. The topological polar surface area (TPSA) is 57.7 Å². The second-order valence-electron chi connectivity index (χ2n) is 7.50. The second kappa shape index (κ2) is 7.16. The molecule has 1 amide bonds. The zero-order chi connectivity index (χ0) is 18.1. The van der Waals surface area contributed by atoms with Crippen molar-refractivity contribution in [3.8, 4) is 0 Å². The van der Waals surface area contributed by atoms with Crippen molar-refractivity contribution < 1.29 is 13.2 Å². The summed E-state index contributed by atoms with van der Waals surface area (Å²) in [5.41, 5.74) is 1.89. The first-order valence-electron chi connectivity index (χ1n) is 9.62. The van der Waals surface area contributed by atoms with E-state index >= 15 is 0 Å². The van der Waals surface area contributed by atoms with Crippen molar-refractivity contribution in [2.45, 2.75) is 50.0 Å². The minimum Gasteiger partial charge on any atom is -0.338 e. The lowest BCUT2D eigenvalue weighted by molar-refractivity contribution is -0.136. The maximum absolute atomic E-state index is 13.1. The summed E-state index contributed by atoms with van der Waals surface area (Å²) in [6.07, 6.45) is 9.45. The number of fused-ring (bicyclic) bond motifs is 1. The molecule has 1 fully saturated rings. The zero-order valence-electron chi connectivity index (χ0n) is 15.1. The van der Waals surface area contributed by atoms with Crippen molar-refractivity contribution in [1.82, 2.24) is 9.21 Å². The van der Waals surface area contributed by atoms with Crippen LogP contribution in [0, 0.1) is 5.92 Å². The Morgan fingerprint density at radius 2 is 1.88 bits per heavy atom. The van der Waals surface area contributed by atoms with Gasteiger partial charge in [0.1, 0.15) is 0 Å². The molecular formula is C20H26N2O3S. The highest BCUT2D eigenvalue weighted by molar-refractivity contribution is 7.89. The third kappa shape index (κ3) is 3.21. The number of carbonyl (C=O) groups excluding carboxylic acids is 1. The molecule has 1 aromatic carbocycles. The van der Waals surface area contributed by atoms with Crippen LogP contribution >= 0.6 is 0 Å². The van der Waals surface area contributed by atoms with Crippen LogP contribution in [-0.2, 0) is 27.8 Å². The molecule has 1 saturated heterocycles. The van der Waals surface area contributed by atoms with Crippen LogP contribution in [0.25, 0.3) is 0 Å². The minimum atomic E-state index is -3.47. The summed E-state index contributed by atoms with van der Waals surface area (Å²) >= 11 is 0. The van der Waals surface area contributed by atoms with Gasteiger partial charge < -0.3 is 4.90 Å². The third-order valence-corrected chi connectivity index (χ3v) is 7.83. The molecule has 2 heterocycles. The Labute approximate surface area is 155 Å². The molecule has 0 saturated carbocycles. The van der Waals surface area contributed by atoms with E-state index in [1.54, 1.807) is 10.4 Å². The van der Waals surface area contributed by atoms with Crippen LogP contribution in [0.4, 0.5) is 0 Å². The monoisotopic (exact) mass is 374 g/mol. The van der Waals surface area contributed by atoms with Crippen LogP contribution in [-0.4, -0.2) is 43.2 Å². The summed E-state index contributed by atoms with van der Waals surface area (Å²) in [5, 5.41) is 0. The molecule has 26 heavy (non-hydrogen) atoms. The summed E-state index contributed by atoms with van der Waals surface area (Å²) < 4.78 is 27.8. The third-order valence-electron chi connectivity index (χ3n) is 5.84. The molecule has 4 rings (SSSR count). The van der Waals surface area contributed by atoms with Gasteiger partial charge in [0, 0.05) is 32.1 Å². The quantitative estimate of drug-likeness (QED) is 0.765. The average molecular weight is 375 g/mol. The largest absolute Gasteiger partial charge is 0.338 e. The molecule has 5 nitrogen and oxygen atoms in total. The van der Waals surface area contributed by atoms with Crippen LogP contribution in [0.1, 0.15) is 43.2 Å². The number of carbonyl (C=O) groups is 1. The van der Waals surface area contributed by atoms with Gasteiger partial charge in [-0.15, -0.1) is 0 Å². The highest BCUT2D eigenvalue weighted by Gasteiger charge is 2.33. The summed E-state index contributed by atoms with van der Waals surface area (Å²) in [6.45, 7) is 2.29. The number of nitrogens with zero attached hydrogens (tertiary/aromatic N) is 2. The number of allylic oxidation sites excluding steroid dienone is 2. The zero-order valence-corrected chi connectivity index (χ0v) is 15.9. The van der Waals surface area contributed by atoms with Crippen molar-refractivity contribution in [2.24, 2.45) is 5.92 Å². The Hall–Kier alpha value is -1.66. The van der Waals surface area contributed by atoms with Crippen LogP contribution in [0.2, 0.25) is 0 Å². The normalized spacial score (nSPS) is 23.8. The fourth-order valence-electron chi connectivity index (χ4n) is 4.32. The van der Waals surface area contributed by atoms with Crippen LogP contribution in [0.15, 0.2) is 35.2 Å². The first kappa shape index (κ1) is 17.7. The van der Waals surface area contributed by atoms with Crippen molar-refractivity contribution in [2.75, 3.05) is 19.6 Å². The van der Waals surface area contributed by atoms with Gasteiger partial charge in [0.2, 0.25) is 15.9 Å². The molecule has 6 heteroatoms. The first-order valence-corrected chi connectivity index (χ1v) is 11.1. The van der Waals surface area contributed by atoms with E-state index in [9.17, 15) is 13.2 Å². The molecule has 1 aliphatic carbocycles. The summed E-state index contributed by atoms with van der Waals surface area (Å²) in [4.78, 5) is 15.2. The number of hydrogen-bond acceptors (Lipinski definition) is 3. The number of hydrogen-bond donors (Lipinski definition) is 0. The molecule has 0 radical (unpaired) electrons. The standard InChI is InChI=1S/C20H26N2O3S/c23-20(17-7-2-1-3-8-17)21-14-11-16-9-6-10-19(18(16)15-21)26(24,25)22-12-4-5-13-22/h1-2,6,9-10,17H,3-5,7-8,11-15H2/t17-/m0/s1. The van der Waals surface area contributed by atoms with Crippen molar-refractivity contribution in [3.63, 3.8) is 0 Å². The number of rotatable bonds is 3. The van der Waals surface area contributed by atoms with Crippen molar-refractivity contribution >= 4 is 15.9 Å². The van der Waals surface area contributed by atoms with Gasteiger partial charge in [0.25, 0.3) is 0 Å². The molecule has 1 aromatic rings. The van der Waals surface area contributed by atoms with E-state index in [1.165, 1.54) is 0 Å². The van der Waals surface area contributed by atoms with Gasteiger partial charge in [-0.1, -0.05) is 24.3 Å². The molecule has 0 unspecified atom stereocenters. The van der Waals surface area contributed by atoms with Gasteiger partial charge in [-0.25, -0.2) is 8.42 Å². The van der Waals surface area contributed by atoms with Gasteiger partial charge in [-0.05, 0) is 55.7 Å². The fourth-order valence-corrected chi connectivity index (χ4v) is 6.10. The highest BCUT2D eigenvalue weighted by atomic mass is 32.2. The SMILES string of the molecule is O=C([C@H]1CC=CCC1)N1CCc2cccc(S(=O)(=O)N3CCCC3)c2C1. The van der Waals surface area contributed by atoms with E-state index in [0.717, 1.165) is 49.7 Å². The predicted molar refractivity (Wildman–Crippen MR) is 100 cm³/mol. The molecule has 3 aliphatic rings. The van der Waals surface area contributed by atoms with E-state index in [-0.39, 0.29) is 11.8 Å². The molecule has 2 aliphatic heterocycles. The van der Waals surface area contributed by atoms with Crippen LogP contribution < -0.4 is 0 Å².